The number of halogens is 3. The van der Waals surface area contributed by atoms with Gasteiger partial charge in [0.05, 0.1) is 16.9 Å². The molecule has 4 rings (SSSR count). The minimum absolute atomic E-state index is 0.00839. The van der Waals surface area contributed by atoms with Crippen LogP contribution in [0.2, 0.25) is 5.02 Å². The highest BCUT2D eigenvalue weighted by molar-refractivity contribution is 6.30. The van der Waals surface area contributed by atoms with Gasteiger partial charge in [-0.1, -0.05) is 23.7 Å². The van der Waals surface area contributed by atoms with E-state index in [1.54, 1.807) is 25.2 Å². The van der Waals surface area contributed by atoms with Crippen LogP contribution in [-0.2, 0) is 17.9 Å². The molecule has 3 N–H and O–H groups in total. The summed E-state index contributed by atoms with van der Waals surface area (Å²) < 4.78 is 33.5. The van der Waals surface area contributed by atoms with Crippen molar-refractivity contribution in [1.82, 2.24) is 25.2 Å². The summed E-state index contributed by atoms with van der Waals surface area (Å²) in [7, 11) is 1.64. The number of fused-ring (bicyclic) bond motifs is 1. The fourth-order valence-corrected chi connectivity index (χ4v) is 3.65. The summed E-state index contributed by atoms with van der Waals surface area (Å²) in [5.74, 6) is -2.44. The van der Waals surface area contributed by atoms with E-state index in [9.17, 15) is 23.2 Å². The van der Waals surface area contributed by atoms with E-state index in [-0.39, 0.29) is 35.1 Å². The van der Waals surface area contributed by atoms with Crippen molar-refractivity contribution in [3.63, 3.8) is 0 Å². The lowest BCUT2D eigenvalue weighted by atomic mass is 10.1. The van der Waals surface area contributed by atoms with Crippen molar-refractivity contribution in [2.45, 2.75) is 13.1 Å². The Morgan fingerprint density at radius 3 is 2.43 bits per heavy atom. The number of ether oxygens (including phenoxy) is 1. The van der Waals surface area contributed by atoms with Gasteiger partial charge in [0, 0.05) is 26.2 Å². The predicted octanol–water partition coefficient (Wildman–Crippen LogP) is 3.10. The maximum atomic E-state index is 14.3. The van der Waals surface area contributed by atoms with Crippen LogP contribution in [-0.4, -0.2) is 39.9 Å². The highest BCUT2D eigenvalue weighted by Crippen LogP contribution is 2.25. The molecular formula is C24H19ClF2N6O4. The van der Waals surface area contributed by atoms with E-state index in [1.807, 2.05) is 0 Å². The molecule has 0 unspecified atom stereocenters. The number of carbonyl (C=O) groups excluding carboxylic acids is 3. The molecule has 0 aliphatic heterocycles. The first kappa shape index (κ1) is 25.5. The van der Waals surface area contributed by atoms with Crippen LogP contribution in [0.3, 0.4) is 0 Å². The molecule has 2 amide bonds. The van der Waals surface area contributed by atoms with Crippen LogP contribution >= 0.6 is 11.6 Å². The number of rotatable bonds is 9. The molecule has 10 nitrogen and oxygen atoms in total. The van der Waals surface area contributed by atoms with Gasteiger partial charge in [0.2, 0.25) is 0 Å². The SMILES string of the molecule is CNc1cc(CNC(=O)c2cc(C(=O)NCc3ccc(F)c(Cl)c3)n3ncc(F)c3n2)ccc1OC=O. The Hall–Kier alpha value is -4.58. The second kappa shape index (κ2) is 11.0. The molecular weight excluding hydrogens is 510 g/mol. The topological polar surface area (TPSA) is 127 Å². The fourth-order valence-electron chi connectivity index (χ4n) is 3.45. The van der Waals surface area contributed by atoms with Crippen molar-refractivity contribution < 1.29 is 27.9 Å². The van der Waals surface area contributed by atoms with Crippen LogP contribution in [0.1, 0.15) is 32.1 Å². The van der Waals surface area contributed by atoms with Crippen molar-refractivity contribution >= 4 is 41.2 Å². The van der Waals surface area contributed by atoms with E-state index in [1.165, 1.54) is 24.3 Å². The molecule has 2 heterocycles. The highest BCUT2D eigenvalue weighted by Gasteiger charge is 2.20. The number of anilines is 1. The second-order valence-corrected chi connectivity index (χ2v) is 8.07. The monoisotopic (exact) mass is 528 g/mol. The number of aromatic nitrogens is 3. The minimum atomic E-state index is -0.821. The maximum absolute atomic E-state index is 14.3. The van der Waals surface area contributed by atoms with Crippen LogP contribution in [0.5, 0.6) is 5.75 Å². The normalized spacial score (nSPS) is 10.7. The Morgan fingerprint density at radius 1 is 1.03 bits per heavy atom. The van der Waals surface area contributed by atoms with E-state index >= 15 is 0 Å². The van der Waals surface area contributed by atoms with Crippen molar-refractivity contribution in [1.29, 1.82) is 0 Å². The van der Waals surface area contributed by atoms with Gasteiger partial charge in [-0.3, -0.25) is 14.4 Å². The fraction of sp³-hybridized carbons (Fsp3) is 0.125. The maximum Gasteiger partial charge on any atom is 0.298 e. The Kier molecular flexibility index (Phi) is 7.58. The molecule has 13 heteroatoms. The lowest BCUT2D eigenvalue weighted by Crippen LogP contribution is -2.28. The summed E-state index contributed by atoms with van der Waals surface area (Å²) in [6.07, 6.45) is 0.878. The molecule has 0 aliphatic carbocycles. The second-order valence-electron chi connectivity index (χ2n) is 7.66. The highest BCUT2D eigenvalue weighted by atomic mass is 35.5. The van der Waals surface area contributed by atoms with Gasteiger partial charge in [-0.15, -0.1) is 0 Å². The third kappa shape index (κ3) is 5.64. The Labute approximate surface area is 213 Å². The molecule has 0 saturated heterocycles. The third-order valence-electron chi connectivity index (χ3n) is 5.27. The quantitative estimate of drug-likeness (QED) is 0.285. The number of nitrogens with one attached hydrogen (secondary N) is 3. The molecule has 37 heavy (non-hydrogen) atoms. The number of amides is 2. The van der Waals surface area contributed by atoms with Crippen LogP contribution in [0.15, 0.2) is 48.7 Å². The summed E-state index contributed by atoms with van der Waals surface area (Å²) in [5, 5.41) is 11.9. The zero-order valence-electron chi connectivity index (χ0n) is 19.2. The van der Waals surface area contributed by atoms with Gasteiger partial charge in [-0.05, 0) is 35.4 Å². The Balaban J connectivity index is 1.53. The molecule has 2 aromatic heterocycles. The van der Waals surface area contributed by atoms with Crippen LogP contribution in [0.25, 0.3) is 5.65 Å². The van der Waals surface area contributed by atoms with Gasteiger partial charge in [0.1, 0.15) is 17.2 Å². The molecule has 0 bridgehead atoms. The average molecular weight is 529 g/mol. The van der Waals surface area contributed by atoms with Crippen molar-refractivity contribution in [2.24, 2.45) is 0 Å². The number of carbonyl (C=O) groups is 3. The zero-order valence-corrected chi connectivity index (χ0v) is 20.0. The molecule has 0 spiro atoms. The number of hydrogen-bond acceptors (Lipinski definition) is 7. The Bertz CT molecular complexity index is 1510. The molecule has 0 fully saturated rings. The van der Waals surface area contributed by atoms with Gasteiger partial charge in [-0.25, -0.2) is 18.3 Å². The van der Waals surface area contributed by atoms with E-state index in [4.69, 9.17) is 16.3 Å². The summed E-state index contributed by atoms with van der Waals surface area (Å²) >= 11 is 5.78. The molecule has 4 aromatic rings. The molecule has 0 atom stereocenters. The summed E-state index contributed by atoms with van der Waals surface area (Å²) in [5.41, 5.74) is 1.07. The zero-order chi connectivity index (χ0) is 26.5. The van der Waals surface area contributed by atoms with Gasteiger partial charge in [-0.2, -0.15) is 5.10 Å². The van der Waals surface area contributed by atoms with Gasteiger partial charge < -0.3 is 20.7 Å². The number of nitrogens with zero attached hydrogens (tertiary/aromatic N) is 3. The van der Waals surface area contributed by atoms with Crippen LogP contribution in [0, 0.1) is 11.6 Å². The Morgan fingerprint density at radius 2 is 1.73 bits per heavy atom. The van der Waals surface area contributed by atoms with Crippen LogP contribution in [0.4, 0.5) is 14.5 Å². The summed E-state index contributed by atoms with van der Waals surface area (Å²) in [6.45, 7) is 0.361. The first-order valence-corrected chi connectivity index (χ1v) is 11.1. The summed E-state index contributed by atoms with van der Waals surface area (Å²) in [4.78, 5) is 40.4. The van der Waals surface area contributed by atoms with Crippen LogP contribution < -0.4 is 20.7 Å². The minimum Gasteiger partial charge on any atom is -0.427 e. The van der Waals surface area contributed by atoms with Gasteiger partial charge >= 0.3 is 0 Å². The standard InChI is InChI=1S/C24H19ClF2N6O4/c1-28-18-7-14(3-5-21(18)37-12-34)10-29-23(35)19-8-20(33-22(32-19)17(27)11-31-33)24(36)30-9-13-2-4-16(26)15(25)6-13/h2-8,11-12,28H,9-10H2,1H3,(H,29,35)(H,30,36). The summed E-state index contributed by atoms with van der Waals surface area (Å²) in [6, 6.07) is 10.0. The first-order chi connectivity index (χ1) is 17.8. The largest absolute Gasteiger partial charge is 0.427 e. The van der Waals surface area contributed by atoms with E-state index in [0.717, 1.165) is 10.7 Å². The third-order valence-corrected chi connectivity index (χ3v) is 5.56. The van der Waals surface area contributed by atoms with Crippen molar-refractivity contribution in [3.8, 4) is 5.75 Å². The lowest BCUT2D eigenvalue weighted by Gasteiger charge is -2.11. The molecule has 0 saturated carbocycles. The predicted molar refractivity (Wildman–Crippen MR) is 129 cm³/mol. The smallest absolute Gasteiger partial charge is 0.298 e. The van der Waals surface area contributed by atoms with E-state index in [0.29, 0.717) is 29.0 Å². The van der Waals surface area contributed by atoms with Gasteiger partial charge in [0.25, 0.3) is 18.3 Å². The first-order valence-electron chi connectivity index (χ1n) is 10.8. The molecule has 0 radical (unpaired) electrons. The van der Waals surface area contributed by atoms with Crippen molar-refractivity contribution in [2.75, 3.05) is 12.4 Å². The number of benzene rings is 2. The lowest BCUT2D eigenvalue weighted by molar-refractivity contribution is -0.120. The van der Waals surface area contributed by atoms with E-state index in [2.05, 4.69) is 26.0 Å². The van der Waals surface area contributed by atoms with Crippen molar-refractivity contribution in [3.05, 3.63) is 87.8 Å². The molecule has 190 valence electrons. The molecule has 0 aliphatic rings. The van der Waals surface area contributed by atoms with Gasteiger partial charge in [0.15, 0.2) is 17.2 Å². The number of hydrogen-bond donors (Lipinski definition) is 3. The molecule has 2 aromatic carbocycles. The average Bonchev–Trinajstić information content (AvgIpc) is 3.28. The van der Waals surface area contributed by atoms with E-state index < -0.39 is 23.4 Å².